The molecule has 0 aliphatic carbocycles. The van der Waals surface area contributed by atoms with Gasteiger partial charge >= 0.3 is 6.18 Å². The summed E-state index contributed by atoms with van der Waals surface area (Å²) in [6.07, 6.45) is -7.60. The van der Waals surface area contributed by atoms with Crippen LogP contribution in [0, 0.1) is 0 Å². The molecule has 1 rings (SSSR count). The van der Waals surface area contributed by atoms with E-state index in [2.05, 4.69) is 0 Å². The van der Waals surface area contributed by atoms with Gasteiger partial charge in [-0.1, -0.05) is 17.7 Å². The summed E-state index contributed by atoms with van der Waals surface area (Å²) in [5, 5.41) is 27.2. The first-order valence-electron chi connectivity index (χ1n) is 5.11. The van der Waals surface area contributed by atoms with Crippen LogP contribution in [0.4, 0.5) is 13.2 Å². The lowest BCUT2D eigenvalue weighted by atomic mass is 10.00. The highest BCUT2D eigenvalue weighted by atomic mass is 35.5. The molecular formula is C11H12ClF3O3. The molecule has 0 radical (unpaired) electrons. The second-order valence-corrected chi connectivity index (χ2v) is 4.17. The molecule has 0 heterocycles. The number of aliphatic hydroxyl groups excluding tert-OH is 3. The van der Waals surface area contributed by atoms with Crippen LogP contribution in [0.1, 0.15) is 23.7 Å². The van der Waals surface area contributed by atoms with Gasteiger partial charge in [0, 0.05) is 6.61 Å². The van der Waals surface area contributed by atoms with E-state index in [1.807, 2.05) is 0 Å². The standard InChI is InChI=1S/C11H12ClF3O3/c12-8-2-1-6(5-7(8)11(13,14)15)10(18)9(17)3-4-16/h1-2,5,9-10,16-18H,3-4H2. The summed E-state index contributed by atoms with van der Waals surface area (Å²) in [5.74, 6) is 0. The summed E-state index contributed by atoms with van der Waals surface area (Å²) < 4.78 is 37.7. The Labute approximate surface area is 106 Å². The Morgan fingerprint density at radius 2 is 1.83 bits per heavy atom. The molecule has 18 heavy (non-hydrogen) atoms. The monoisotopic (exact) mass is 284 g/mol. The van der Waals surface area contributed by atoms with E-state index in [9.17, 15) is 23.4 Å². The zero-order valence-electron chi connectivity index (χ0n) is 9.15. The van der Waals surface area contributed by atoms with Gasteiger partial charge in [-0.3, -0.25) is 0 Å². The van der Waals surface area contributed by atoms with E-state index >= 15 is 0 Å². The van der Waals surface area contributed by atoms with Gasteiger partial charge in [0.2, 0.25) is 0 Å². The summed E-state index contributed by atoms with van der Waals surface area (Å²) in [4.78, 5) is 0. The predicted octanol–water partition coefficient (Wildman–Crippen LogP) is 2.14. The summed E-state index contributed by atoms with van der Waals surface area (Å²) in [5.41, 5.74) is -1.18. The Morgan fingerprint density at radius 3 is 2.33 bits per heavy atom. The number of benzene rings is 1. The molecule has 7 heteroatoms. The Hall–Kier alpha value is -0.820. The smallest absolute Gasteiger partial charge is 0.396 e. The number of rotatable bonds is 4. The summed E-state index contributed by atoms with van der Waals surface area (Å²) in [7, 11) is 0. The van der Waals surface area contributed by atoms with Gasteiger partial charge in [0.15, 0.2) is 0 Å². The van der Waals surface area contributed by atoms with Crippen LogP contribution in [0.5, 0.6) is 0 Å². The molecule has 3 N–H and O–H groups in total. The third-order valence-electron chi connectivity index (χ3n) is 2.43. The number of hydrogen-bond acceptors (Lipinski definition) is 3. The van der Waals surface area contributed by atoms with Crippen molar-refractivity contribution < 1.29 is 28.5 Å². The highest BCUT2D eigenvalue weighted by molar-refractivity contribution is 6.31. The first-order chi connectivity index (χ1) is 8.27. The molecule has 1 aromatic carbocycles. The average Bonchev–Trinajstić information content (AvgIpc) is 2.27. The lowest BCUT2D eigenvalue weighted by Gasteiger charge is -2.19. The van der Waals surface area contributed by atoms with Crippen molar-refractivity contribution in [3.8, 4) is 0 Å². The largest absolute Gasteiger partial charge is 0.417 e. The van der Waals surface area contributed by atoms with Crippen LogP contribution in [0.25, 0.3) is 0 Å². The van der Waals surface area contributed by atoms with E-state index in [1.54, 1.807) is 0 Å². The van der Waals surface area contributed by atoms with Crippen LogP contribution in [0.2, 0.25) is 5.02 Å². The third kappa shape index (κ3) is 3.58. The van der Waals surface area contributed by atoms with E-state index in [4.69, 9.17) is 16.7 Å². The number of hydrogen-bond donors (Lipinski definition) is 3. The molecular weight excluding hydrogens is 273 g/mol. The van der Waals surface area contributed by atoms with E-state index in [1.165, 1.54) is 6.07 Å². The minimum absolute atomic E-state index is 0.104. The Bertz CT molecular complexity index is 409. The molecule has 0 bridgehead atoms. The highest BCUT2D eigenvalue weighted by Gasteiger charge is 2.34. The van der Waals surface area contributed by atoms with E-state index in [0.29, 0.717) is 6.07 Å². The van der Waals surface area contributed by atoms with Gasteiger partial charge in [0.05, 0.1) is 16.7 Å². The Kier molecular flexibility index (Phi) is 4.98. The molecule has 0 aromatic heterocycles. The highest BCUT2D eigenvalue weighted by Crippen LogP contribution is 2.36. The first kappa shape index (κ1) is 15.2. The van der Waals surface area contributed by atoms with Crippen LogP contribution in [-0.2, 0) is 6.18 Å². The van der Waals surface area contributed by atoms with E-state index < -0.39 is 29.0 Å². The lowest BCUT2D eigenvalue weighted by molar-refractivity contribution is -0.137. The van der Waals surface area contributed by atoms with Crippen molar-refractivity contribution in [1.29, 1.82) is 0 Å². The molecule has 0 fully saturated rings. The minimum Gasteiger partial charge on any atom is -0.396 e. The zero-order chi connectivity index (χ0) is 13.9. The maximum absolute atomic E-state index is 12.6. The fraction of sp³-hybridized carbons (Fsp3) is 0.455. The molecule has 0 aliphatic heterocycles. The maximum Gasteiger partial charge on any atom is 0.417 e. The number of alkyl halides is 3. The van der Waals surface area contributed by atoms with Crippen LogP contribution in [0.15, 0.2) is 18.2 Å². The number of halogens is 4. The normalized spacial score (nSPS) is 15.5. The second-order valence-electron chi connectivity index (χ2n) is 3.76. The second kappa shape index (κ2) is 5.88. The predicted molar refractivity (Wildman–Crippen MR) is 59.1 cm³/mol. The summed E-state index contributed by atoms with van der Waals surface area (Å²) in [6.45, 7) is -0.377. The van der Waals surface area contributed by atoms with E-state index in [-0.39, 0.29) is 18.6 Å². The van der Waals surface area contributed by atoms with Crippen molar-refractivity contribution in [2.24, 2.45) is 0 Å². The van der Waals surface area contributed by atoms with Gasteiger partial charge in [-0.25, -0.2) is 0 Å². The van der Waals surface area contributed by atoms with Crippen LogP contribution in [0.3, 0.4) is 0 Å². The molecule has 3 nitrogen and oxygen atoms in total. The molecule has 2 atom stereocenters. The fourth-order valence-electron chi connectivity index (χ4n) is 1.46. The van der Waals surface area contributed by atoms with Gasteiger partial charge in [0.25, 0.3) is 0 Å². The molecule has 102 valence electrons. The maximum atomic E-state index is 12.6. The average molecular weight is 285 g/mol. The number of aliphatic hydroxyl groups is 3. The SMILES string of the molecule is OCCC(O)C(O)c1ccc(Cl)c(C(F)(F)F)c1. The van der Waals surface area contributed by atoms with Crippen LogP contribution >= 0.6 is 11.6 Å². The first-order valence-corrected chi connectivity index (χ1v) is 5.48. The van der Waals surface area contributed by atoms with Gasteiger partial charge in [-0.2, -0.15) is 13.2 Å². The van der Waals surface area contributed by atoms with Gasteiger partial charge in [0.1, 0.15) is 6.10 Å². The lowest BCUT2D eigenvalue weighted by Crippen LogP contribution is -2.20. The third-order valence-corrected chi connectivity index (χ3v) is 2.76. The molecule has 0 saturated heterocycles. The van der Waals surface area contributed by atoms with Gasteiger partial charge < -0.3 is 15.3 Å². The topological polar surface area (TPSA) is 60.7 Å². The Balaban J connectivity index is 3.05. The fourth-order valence-corrected chi connectivity index (χ4v) is 1.68. The van der Waals surface area contributed by atoms with E-state index in [0.717, 1.165) is 6.07 Å². The summed E-state index contributed by atoms with van der Waals surface area (Å²) in [6, 6.07) is 2.89. The molecule has 0 amide bonds. The Morgan fingerprint density at radius 1 is 1.22 bits per heavy atom. The van der Waals surface area contributed by atoms with Crippen LogP contribution in [-0.4, -0.2) is 28.0 Å². The summed E-state index contributed by atoms with van der Waals surface area (Å²) >= 11 is 5.42. The molecule has 2 unspecified atom stereocenters. The minimum atomic E-state index is -4.63. The van der Waals surface area contributed by atoms with Crippen molar-refractivity contribution in [3.05, 3.63) is 34.3 Å². The molecule has 0 saturated carbocycles. The van der Waals surface area contributed by atoms with Crippen LogP contribution < -0.4 is 0 Å². The van der Waals surface area contributed by atoms with Crippen molar-refractivity contribution in [2.75, 3.05) is 6.61 Å². The van der Waals surface area contributed by atoms with Gasteiger partial charge in [-0.15, -0.1) is 0 Å². The van der Waals surface area contributed by atoms with Crippen molar-refractivity contribution in [3.63, 3.8) is 0 Å². The molecule has 0 spiro atoms. The van der Waals surface area contributed by atoms with Crippen molar-refractivity contribution in [1.82, 2.24) is 0 Å². The van der Waals surface area contributed by atoms with Crippen molar-refractivity contribution >= 4 is 11.6 Å². The van der Waals surface area contributed by atoms with Gasteiger partial charge in [-0.05, 0) is 24.1 Å². The zero-order valence-corrected chi connectivity index (χ0v) is 9.91. The molecule has 1 aromatic rings. The molecule has 0 aliphatic rings. The van der Waals surface area contributed by atoms with Crippen molar-refractivity contribution in [2.45, 2.75) is 24.8 Å². The quantitative estimate of drug-likeness (QED) is 0.794.